The highest BCUT2D eigenvalue weighted by molar-refractivity contribution is 5.12. The summed E-state index contributed by atoms with van der Waals surface area (Å²) in [5.74, 6) is 0.970. The molecule has 1 saturated carbocycles. The van der Waals surface area contributed by atoms with Crippen molar-refractivity contribution >= 4 is 0 Å². The SMILES string of the molecule is C[C@H](NCCC1CCCCC1)c1cccnc1. The van der Waals surface area contributed by atoms with E-state index in [4.69, 9.17) is 0 Å². The van der Waals surface area contributed by atoms with E-state index in [1.165, 1.54) is 44.1 Å². The zero-order chi connectivity index (χ0) is 11.9. The molecule has 0 saturated heterocycles. The van der Waals surface area contributed by atoms with Gasteiger partial charge < -0.3 is 5.32 Å². The van der Waals surface area contributed by atoms with Gasteiger partial charge in [0.05, 0.1) is 0 Å². The minimum absolute atomic E-state index is 0.423. The van der Waals surface area contributed by atoms with Crippen LogP contribution in [0.4, 0.5) is 0 Å². The third-order valence-corrected chi connectivity index (χ3v) is 3.91. The number of aromatic nitrogens is 1. The van der Waals surface area contributed by atoms with Crippen molar-refractivity contribution in [3.8, 4) is 0 Å². The normalized spacial score (nSPS) is 19.1. The van der Waals surface area contributed by atoms with Gasteiger partial charge in [0.15, 0.2) is 0 Å². The van der Waals surface area contributed by atoms with Gasteiger partial charge in [-0.3, -0.25) is 4.98 Å². The summed E-state index contributed by atoms with van der Waals surface area (Å²) in [5, 5.41) is 3.61. The predicted octanol–water partition coefficient (Wildman–Crippen LogP) is 3.70. The molecule has 1 heterocycles. The lowest BCUT2D eigenvalue weighted by Gasteiger charge is -2.22. The van der Waals surface area contributed by atoms with Crippen LogP contribution in [0.3, 0.4) is 0 Å². The Kier molecular flexibility index (Phi) is 4.99. The van der Waals surface area contributed by atoms with Crippen molar-refractivity contribution in [1.82, 2.24) is 10.3 Å². The maximum atomic E-state index is 4.16. The zero-order valence-electron chi connectivity index (χ0n) is 10.9. The lowest BCUT2D eigenvalue weighted by Crippen LogP contribution is -2.22. The molecule has 1 aromatic heterocycles. The fraction of sp³-hybridized carbons (Fsp3) is 0.667. The molecular weight excluding hydrogens is 208 g/mol. The molecule has 2 nitrogen and oxygen atoms in total. The Morgan fingerprint density at radius 2 is 2.18 bits per heavy atom. The molecule has 0 amide bonds. The summed E-state index contributed by atoms with van der Waals surface area (Å²) in [6.07, 6.45) is 12.4. The summed E-state index contributed by atoms with van der Waals surface area (Å²) >= 11 is 0. The van der Waals surface area contributed by atoms with Crippen LogP contribution < -0.4 is 5.32 Å². The molecule has 1 N–H and O–H groups in total. The highest BCUT2D eigenvalue weighted by Crippen LogP contribution is 2.26. The monoisotopic (exact) mass is 232 g/mol. The Morgan fingerprint density at radius 1 is 1.35 bits per heavy atom. The molecule has 94 valence electrons. The quantitative estimate of drug-likeness (QED) is 0.837. The summed E-state index contributed by atoms with van der Waals surface area (Å²) in [5.41, 5.74) is 1.29. The van der Waals surface area contributed by atoms with E-state index >= 15 is 0 Å². The van der Waals surface area contributed by atoms with Crippen LogP contribution in [0.15, 0.2) is 24.5 Å². The van der Waals surface area contributed by atoms with E-state index in [0.717, 1.165) is 12.5 Å². The van der Waals surface area contributed by atoms with Crippen molar-refractivity contribution in [2.24, 2.45) is 5.92 Å². The van der Waals surface area contributed by atoms with E-state index in [2.05, 4.69) is 23.3 Å². The minimum Gasteiger partial charge on any atom is -0.310 e. The number of hydrogen-bond acceptors (Lipinski definition) is 2. The van der Waals surface area contributed by atoms with Gasteiger partial charge in [-0.05, 0) is 37.4 Å². The highest BCUT2D eigenvalue weighted by atomic mass is 14.9. The third-order valence-electron chi connectivity index (χ3n) is 3.91. The lowest BCUT2D eigenvalue weighted by atomic mass is 9.87. The molecule has 1 aliphatic rings. The number of nitrogens with one attached hydrogen (secondary N) is 1. The van der Waals surface area contributed by atoms with Gasteiger partial charge in [0.1, 0.15) is 0 Å². The van der Waals surface area contributed by atoms with Gasteiger partial charge in [0.25, 0.3) is 0 Å². The Labute approximate surface area is 105 Å². The van der Waals surface area contributed by atoms with Gasteiger partial charge in [0, 0.05) is 18.4 Å². The van der Waals surface area contributed by atoms with Crippen molar-refractivity contribution in [3.63, 3.8) is 0 Å². The number of hydrogen-bond donors (Lipinski definition) is 1. The van der Waals surface area contributed by atoms with Crippen LogP contribution in [-0.2, 0) is 0 Å². The summed E-state index contributed by atoms with van der Waals surface area (Å²) in [6.45, 7) is 3.36. The van der Waals surface area contributed by atoms with Crippen LogP contribution in [-0.4, -0.2) is 11.5 Å². The second-order valence-electron chi connectivity index (χ2n) is 5.25. The fourth-order valence-corrected chi connectivity index (χ4v) is 2.73. The van der Waals surface area contributed by atoms with Crippen LogP contribution in [0.25, 0.3) is 0 Å². The molecule has 0 unspecified atom stereocenters. The van der Waals surface area contributed by atoms with Gasteiger partial charge in [-0.2, -0.15) is 0 Å². The summed E-state index contributed by atoms with van der Waals surface area (Å²) in [7, 11) is 0. The van der Waals surface area contributed by atoms with Gasteiger partial charge >= 0.3 is 0 Å². The van der Waals surface area contributed by atoms with E-state index in [1.807, 2.05) is 18.5 Å². The molecule has 1 atom stereocenters. The summed E-state index contributed by atoms with van der Waals surface area (Å²) in [6, 6.07) is 4.58. The van der Waals surface area contributed by atoms with Crippen LogP contribution >= 0.6 is 0 Å². The number of rotatable bonds is 5. The van der Waals surface area contributed by atoms with E-state index < -0.39 is 0 Å². The van der Waals surface area contributed by atoms with E-state index in [-0.39, 0.29) is 0 Å². The molecule has 0 spiro atoms. The standard InChI is InChI=1S/C15H24N2/c1-13(15-8-5-10-16-12-15)17-11-9-14-6-3-2-4-7-14/h5,8,10,12-14,17H,2-4,6-7,9,11H2,1H3/t13-/m0/s1. The third kappa shape index (κ3) is 4.12. The lowest BCUT2D eigenvalue weighted by molar-refractivity contribution is 0.329. The second kappa shape index (κ2) is 6.75. The molecule has 2 heteroatoms. The van der Waals surface area contributed by atoms with E-state index in [1.54, 1.807) is 0 Å². The maximum Gasteiger partial charge on any atom is 0.0315 e. The Morgan fingerprint density at radius 3 is 2.88 bits per heavy atom. The first-order chi connectivity index (χ1) is 8.36. The van der Waals surface area contributed by atoms with Crippen LogP contribution in [0.2, 0.25) is 0 Å². The maximum absolute atomic E-state index is 4.16. The highest BCUT2D eigenvalue weighted by Gasteiger charge is 2.13. The van der Waals surface area contributed by atoms with Crippen LogP contribution in [0, 0.1) is 5.92 Å². The zero-order valence-corrected chi connectivity index (χ0v) is 10.9. The first-order valence-corrected chi connectivity index (χ1v) is 6.99. The molecule has 0 bridgehead atoms. The predicted molar refractivity (Wildman–Crippen MR) is 71.8 cm³/mol. The molecule has 0 aromatic carbocycles. The van der Waals surface area contributed by atoms with Crippen LogP contribution in [0.1, 0.15) is 57.1 Å². The molecule has 0 radical (unpaired) electrons. The van der Waals surface area contributed by atoms with Crippen molar-refractivity contribution in [2.75, 3.05) is 6.54 Å². The largest absolute Gasteiger partial charge is 0.310 e. The molecule has 1 fully saturated rings. The average Bonchev–Trinajstić information content (AvgIpc) is 2.41. The topological polar surface area (TPSA) is 24.9 Å². The van der Waals surface area contributed by atoms with Crippen molar-refractivity contribution in [2.45, 2.75) is 51.5 Å². The average molecular weight is 232 g/mol. The summed E-state index contributed by atoms with van der Waals surface area (Å²) in [4.78, 5) is 4.16. The molecule has 0 aliphatic heterocycles. The molecular formula is C15H24N2. The Hall–Kier alpha value is -0.890. The first kappa shape index (κ1) is 12.6. The van der Waals surface area contributed by atoms with Crippen molar-refractivity contribution < 1.29 is 0 Å². The van der Waals surface area contributed by atoms with Crippen molar-refractivity contribution in [3.05, 3.63) is 30.1 Å². The Bertz CT molecular complexity index is 304. The van der Waals surface area contributed by atoms with Gasteiger partial charge in [-0.1, -0.05) is 38.2 Å². The second-order valence-corrected chi connectivity index (χ2v) is 5.25. The number of pyridine rings is 1. The first-order valence-electron chi connectivity index (χ1n) is 6.99. The number of nitrogens with zero attached hydrogens (tertiary/aromatic N) is 1. The molecule has 1 aliphatic carbocycles. The minimum atomic E-state index is 0.423. The Balaban J connectivity index is 1.67. The van der Waals surface area contributed by atoms with Gasteiger partial charge in [-0.25, -0.2) is 0 Å². The van der Waals surface area contributed by atoms with Crippen LogP contribution in [0.5, 0.6) is 0 Å². The summed E-state index contributed by atoms with van der Waals surface area (Å²) < 4.78 is 0. The fourth-order valence-electron chi connectivity index (χ4n) is 2.73. The van der Waals surface area contributed by atoms with Crippen molar-refractivity contribution in [1.29, 1.82) is 0 Å². The van der Waals surface area contributed by atoms with Gasteiger partial charge in [0.2, 0.25) is 0 Å². The smallest absolute Gasteiger partial charge is 0.0315 e. The molecule has 2 rings (SSSR count). The molecule has 1 aromatic rings. The van der Waals surface area contributed by atoms with E-state index in [0.29, 0.717) is 6.04 Å². The van der Waals surface area contributed by atoms with Gasteiger partial charge in [-0.15, -0.1) is 0 Å². The molecule has 17 heavy (non-hydrogen) atoms. The van der Waals surface area contributed by atoms with E-state index in [9.17, 15) is 0 Å².